The van der Waals surface area contributed by atoms with Crippen molar-refractivity contribution < 1.29 is 13.5 Å². The fraction of sp³-hybridized carbons (Fsp3) is 0.333. The Bertz CT molecular complexity index is 756. The van der Waals surface area contributed by atoms with E-state index in [1.165, 1.54) is 6.07 Å². The SMILES string of the molecule is O=S(=O)(NC[C@](O)(c1ccccc1)C1CC1)c1ccc(Cl)s1. The molecule has 0 aliphatic heterocycles. The largest absolute Gasteiger partial charge is 0.383 e. The molecule has 0 saturated heterocycles. The van der Waals surface area contributed by atoms with Crippen LogP contribution >= 0.6 is 22.9 Å². The number of thiophene rings is 1. The first-order valence-electron chi connectivity index (χ1n) is 6.95. The van der Waals surface area contributed by atoms with Gasteiger partial charge >= 0.3 is 0 Å². The molecule has 2 N–H and O–H groups in total. The van der Waals surface area contributed by atoms with Crippen LogP contribution in [-0.2, 0) is 15.6 Å². The Labute approximate surface area is 138 Å². The van der Waals surface area contributed by atoms with Gasteiger partial charge in [-0.2, -0.15) is 0 Å². The Morgan fingerprint density at radius 1 is 1.23 bits per heavy atom. The van der Waals surface area contributed by atoms with Crippen LogP contribution in [0, 0.1) is 5.92 Å². The molecule has 1 aliphatic rings. The highest BCUT2D eigenvalue weighted by Gasteiger charge is 2.45. The van der Waals surface area contributed by atoms with Gasteiger partial charge in [-0.05, 0) is 36.5 Å². The summed E-state index contributed by atoms with van der Waals surface area (Å²) >= 11 is 6.79. The smallest absolute Gasteiger partial charge is 0.250 e. The molecule has 0 amide bonds. The number of benzene rings is 1. The molecule has 1 fully saturated rings. The monoisotopic (exact) mass is 357 g/mol. The van der Waals surface area contributed by atoms with Crippen molar-refractivity contribution >= 4 is 33.0 Å². The summed E-state index contributed by atoms with van der Waals surface area (Å²) in [5.74, 6) is 0.0875. The lowest BCUT2D eigenvalue weighted by atomic mass is 9.89. The molecule has 22 heavy (non-hydrogen) atoms. The first-order chi connectivity index (χ1) is 10.4. The average molecular weight is 358 g/mol. The van der Waals surface area contributed by atoms with Crippen LogP contribution in [0.1, 0.15) is 18.4 Å². The minimum absolute atomic E-state index is 0.0421. The maximum atomic E-state index is 12.3. The summed E-state index contributed by atoms with van der Waals surface area (Å²) in [7, 11) is -3.66. The second kappa shape index (κ2) is 5.94. The van der Waals surface area contributed by atoms with E-state index in [-0.39, 0.29) is 16.7 Å². The van der Waals surface area contributed by atoms with E-state index in [0.29, 0.717) is 4.34 Å². The highest BCUT2D eigenvalue weighted by Crippen LogP contribution is 2.45. The van der Waals surface area contributed by atoms with Gasteiger partial charge in [0.05, 0.1) is 4.34 Å². The standard InChI is InChI=1S/C15H16ClNO3S2/c16-13-8-9-14(21-13)22(19,20)17-10-15(18,12-6-7-12)11-4-2-1-3-5-11/h1-5,8-9,12,17-18H,6-7,10H2/t15-/m0/s1. The molecule has 118 valence electrons. The molecule has 4 nitrogen and oxygen atoms in total. The number of hydrogen-bond donors (Lipinski definition) is 2. The van der Waals surface area contributed by atoms with Gasteiger partial charge in [-0.1, -0.05) is 41.9 Å². The van der Waals surface area contributed by atoms with Gasteiger partial charge in [-0.25, -0.2) is 13.1 Å². The number of hydrogen-bond acceptors (Lipinski definition) is 4. The molecule has 0 unspecified atom stereocenters. The van der Waals surface area contributed by atoms with E-state index in [0.717, 1.165) is 29.7 Å². The molecule has 1 aliphatic carbocycles. The zero-order valence-electron chi connectivity index (χ0n) is 11.7. The van der Waals surface area contributed by atoms with Crippen molar-refractivity contribution in [2.45, 2.75) is 22.7 Å². The van der Waals surface area contributed by atoms with Gasteiger partial charge < -0.3 is 5.11 Å². The molecule has 1 saturated carbocycles. The maximum Gasteiger partial charge on any atom is 0.250 e. The second-order valence-corrected chi connectivity index (χ2v) is 9.16. The topological polar surface area (TPSA) is 66.4 Å². The molecule has 0 radical (unpaired) electrons. The van der Waals surface area contributed by atoms with Crippen molar-refractivity contribution in [3.63, 3.8) is 0 Å². The third-order valence-corrected chi connectivity index (χ3v) is 7.00. The molecule has 1 aromatic carbocycles. The summed E-state index contributed by atoms with van der Waals surface area (Å²) in [6, 6.07) is 12.2. The van der Waals surface area contributed by atoms with Crippen LogP contribution in [0.15, 0.2) is 46.7 Å². The Morgan fingerprint density at radius 2 is 1.91 bits per heavy atom. The van der Waals surface area contributed by atoms with Crippen LogP contribution < -0.4 is 4.72 Å². The summed E-state index contributed by atoms with van der Waals surface area (Å²) in [5, 5.41) is 11.0. The number of nitrogens with one attached hydrogen (secondary N) is 1. The summed E-state index contributed by atoms with van der Waals surface area (Å²) < 4.78 is 27.7. The Balaban J connectivity index is 1.81. The van der Waals surface area contributed by atoms with E-state index >= 15 is 0 Å². The second-order valence-electron chi connectivity index (χ2n) is 5.45. The lowest BCUT2D eigenvalue weighted by molar-refractivity contribution is 0.0185. The van der Waals surface area contributed by atoms with E-state index < -0.39 is 15.6 Å². The Morgan fingerprint density at radius 3 is 2.45 bits per heavy atom. The van der Waals surface area contributed by atoms with E-state index in [2.05, 4.69) is 4.72 Å². The number of sulfonamides is 1. The molecule has 0 bridgehead atoms. The predicted octanol–water partition coefficient (Wildman–Crippen LogP) is 2.98. The summed E-state index contributed by atoms with van der Waals surface area (Å²) in [6.45, 7) is -0.0421. The zero-order valence-corrected chi connectivity index (χ0v) is 14.1. The van der Waals surface area contributed by atoms with Gasteiger partial charge in [0, 0.05) is 6.54 Å². The molecular formula is C15H16ClNO3S2. The Kier molecular flexibility index (Phi) is 4.31. The third kappa shape index (κ3) is 3.21. The van der Waals surface area contributed by atoms with Crippen LogP contribution in [0.3, 0.4) is 0 Å². The molecular weight excluding hydrogens is 342 g/mol. The first kappa shape index (κ1) is 16.0. The predicted molar refractivity (Wildman–Crippen MR) is 87.6 cm³/mol. The summed E-state index contributed by atoms with van der Waals surface area (Å²) in [4.78, 5) is 0. The fourth-order valence-electron chi connectivity index (χ4n) is 2.49. The number of rotatable bonds is 6. The van der Waals surface area contributed by atoms with E-state index in [4.69, 9.17) is 11.6 Å². The van der Waals surface area contributed by atoms with E-state index in [1.807, 2.05) is 30.3 Å². The van der Waals surface area contributed by atoms with E-state index in [9.17, 15) is 13.5 Å². The molecule has 7 heteroatoms. The van der Waals surface area contributed by atoms with Crippen LogP contribution in [0.25, 0.3) is 0 Å². The van der Waals surface area contributed by atoms with Gasteiger partial charge in [-0.3, -0.25) is 0 Å². The Hall–Kier alpha value is -0.920. The quantitative estimate of drug-likeness (QED) is 0.835. The summed E-state index contributed by atoms with van der Waals surface area (Å²) in [5.41, 5.74) is -0.431. The zero-order chi connectivity index (χ0) is 15.8. The van der Waals surface area contributed by atoms with Gasteiger partial charge in [0.2, 0.25) is 10.0 Å². The third-order valence-electron chi connectivity index (χ3n) is 3.87. The molecule has 1 atom stereocenters. The maximum absolute atomic E-state index is 12.3. The van der Waals surface area contributed by atoms with Crippen molar-refractivity contribution in [1.82, 2.24) is 4.72 Å². The van der Waals surface area contributed by atoms with Crippen LogP contribution in [0.5, 0.6) is 0 Å². The van der Waals surface area contributed by atoms with Crippen LogP contribution in [-0.4, -0.2) is 20.1 Å². The molecule has 0 spiro atoms. The van der Waals surface area contributed by atoms with Crippen LogP contribution in [0.2, 0.25) is 4.34 Å². The molecule has 1 heterocycles. The normalized spacial score (nSPS) is 18.1. The van der Waals surface area contributed by atoms with Crippen molar-refractivity contribution in [3.05, 3.63) is 52.4 Å². The van der Waals surface area contributed by atoms with Crippen molar-refractivity contribution in [1.29, 1.82) is 0 Å². The molecule has 3 rings (SSSR count). The van der Waals surface area contributed by atoms with Crippen molar-refractivity contribution in [3.8, 4) is 0 Å². The highest BCUT2D eigenvalue weighted by atomic mass is 35.5. The van der Waals surface area contributed by atoms with Gasteiger partial charge in [0.1, 0.15) is 9.81 Å². The average Bonchev–Trinajstić information content (AvgIpc) is 3.28. The lowest BCUT2D eigenvalue weighted by Crippen LogP contribution is -2.42. The van der Waals surface area contributed by atoms with Gasteiger partial charge in [0.25, 0.3) is 0 Å². The van der Waals surface area contributed by atoms with E-state index in [1.54, 1.807) is 6.07 Å². The van der Waals surface area contributed by atoms with Crippen molar-refractivity contribution in [2.24, 2.45) is 5.92 Å². The van der Waals surface area contributed by atoms with Crippen LogP contribution in [0.4, 0.5) is 0 Å². The number of aliphatic hydroxyl groups is 1. The number of halogens is 1. The molecule has 2 aromatic rings. The lowest BCUT2D eigenvalue weighted by Gasteiger charge is -2.29. The summed E-state index contributed by atoms with van der Waals surface area (Å²) in [6.07, 6.45) is 1.80. The van der Waals surface area contributed by atoms with Crippen molar-refractivity contribution in [2.75, 3.05) is 6.54 Å². The van der Waals surface area contributed by atoms with Gasteiger partial charge in [-0.15, -0.1) is 11.3 Å². The molecule has 1 aromatic heterocycles. The minimum Gasteiger partial charge on any atom is -0.383 e. The minimum atomic E-state index is -3.66. The highest BCUT2D eigenvalue weighted by molar-refractivity contribution is 7.91. The first-order valence-corrected chi connectivity index (χ1v) is 9.62. The van der Waals surface area contributed by atoms with Gasteiger partial charge in [0.15, 0.2) is 0 Å². The fourth-order valence-corrected chi connectivity index (χ4v) is 5.09.